The van der Waals surface area contributed by atoms with Gasteiger partial charge in [0.2, 0.25) is 5.82 Å². The Hall–Kier alpha value is -2.41. The van der Waals surface area contributed by atoms with Crippen LogP contribution in [0, 0.1) is 0 Å². The Bertz CT molecular complexity index is 715. The molecule has 0 unspecified atom stereocenters. The van der Waals surface area contributed by atoms with E-state index < -0.39 is 11.2 Å². The lowest BCUT2D eigenvalue weighted by atomic mass is 10.1. The zero-order valence-electron chi connectivity index (χ0n) is 11.5. The molecule has 2 rings (SSSR count). The third kappa shape index (κ3) is 2.77. The summed E-state index contributed by atoms with van der Waals surface area (Å²) in [5.41, 5.74) is 6.69. The summed E-state index contributed by atoms with van der Waals surface area (Å²) in [5, 5.41) is 6.86. The van der Waals surface area contributed by atoms with Crippen molar-refractivity contribution in [2.45, 2.75) is 13.1 Å². The van der Waals surface area contributed by atoms with E-state index in [4.69, 9.17) is 5.73 Å². The topological polar surface area (TPSA) is 94.9 Å². The SMILES string of the molecule is Cn1nc(NCc2ccc(CN)cc2)c(=O)n(C)c1=O. The lowest BCUT2D eigenvalue weighted by Crippen LogP contribution is -2.39. The van der Waals surface area contributed by atoms with Gasteiger partial charge in [-0.3, -0.25) is 9.36 Å². The standard InChI is InChI=1S/C13H17N5O2/c1-17-12(19)11(16-18(2)13(17)20)15-8-10-5-3-9(7-14)4-6-10/h3-6H,7-8,14H2,1-2H3,(H,15,16). The summed E-state index contributed by atoms with van der Waals surface area (Å²) >= 11 is 0. The zero-order valence-corrected chi connectivity index (χ0v) is 11.5. The number of nitrogens with two attached hydrogens (primary N) is 1. The Balaban J connectivity index is 2.18. The predicted octanol–water partition coefficient (Wildman–Crippen LogP) is -0.450. The molecule has 1 heterocycles. The van der Waals surface area contributed by atoms with E-state index in [-0.39, 0.29) is 5.82 Å². The maximum absolute atomic E-state index is 11.9. The van der Waals surface area contributed by atoms with Gasteiger partial charge in [0.15, 0.2) is 0 Å². The number of aromatic nitrogens is 3. The number of rotatable bonds is 4. The summed E-state index contributed by atoms with van der Waals surface area (Å²) < 4.78 is 2.15. The third-order valence-corrected chi connectivity index (χ3v) is 3.04. The van der Waals surface area contributed by atoms with Gasteiger partial charge in [-0.15, -0.1) is 5.10 Å². The third-order valence-electron chi connectivity index (χ3n) is 3.04. The number of anilines is 1. The molecule has 0 aliphatic rings. The smallest absolute Gasteiger partial charge is 0.346 e. The lowest BCUT2D eigenvalue weighted by Gasteiger charge is -2.08. The van der Waals surface area contributed by atoms with Crippen LogP contribution in [0.1, 0.15) is 11.1 Å². The molecule has 0 bridgehead atoms. The second-order valence-corrected chi connectivity index (χ2v) is 4.49. The van der Waals surface area contributed by atoms with Crippen molar-refractivity contribution in [2.75, 3.05) is 5.32 Å². The molecular formula is C13H17N5O2. The van der Waals surface area contributed by atoms with Crippen molar-refractivity contribution in [1.82, 2.24) is 14.3 Å². The first kappa shape index (κ1) is 14.0. The van der Waals surface area contributed by atoms with Crippen molar-refractivity contribution < 1.29 is 0 Å². The van der Waals surface area contributed by atoms with E-state index >= 15 is 0 Å². The van der Waals surface area contributed by atoms with Gasteiger partial charge >= 0.3 is 5.69 Å². The minimum Gasteiger partial charge on any atom is -0.360 e. The molecule has 106 valence electrons. The molecule has 7 nitrogen and oxygen atoms in total. The monoisotopic (exact) mass is 275 g/mol. The van der Waals surface area contributed by atoms with Crippen LogP contribution in [0.5, 0.6) is 0 Å². The Kier molecular flexibility index (Phi) is 3.99. The fourth-order valence-electron chi connectivity index (χ4n) is 1.79. The second-order valence-electron chi connectivity index (χ2n) is 4.49. The molecule has 0 atom stereocenters. The molecule has 0 amide bonds. The van der Waals surface area contributed by atoms with Gasteiger partial charge in [0.25, 0.3) is 5.56 Å². The van der Waals surface area contributed by atoms with Crippen LogP contribution in [-0.4, -0.2) is 14.3 Å². The molecule has 0 aliphatic carbocycles. The summed E-state index contributed by atoms with van der Waals surface area (Å²) in [4.78, 5) is 23.4. The van der Waals surface area contributed by atoms with Crippen molar-refractivity contribution in [3.05, 3.63) is 56.2 Å². The van der Waals surface area contributed by atoms with E-state index in [1.807, 2.05) is 24.3 Å². The van der Waals surface area contributed by atoms with Crippen LogP contribution in [0.25, 0.3) is 0 Å². The van der Waals surface area contributed by atoms with Gasteiger partial charge in [0, 0.05) is 27.2 Å². The van der Waals surface area contributed by atoms with Crippen molar-refractivity contribution >= 4 is 5.82 Å². The van der Waals surface area contributed by atoms with Crippen molar-refractivity contribution in [2.24, 2.45) is 19.8 Å². The number of hydrogen-bond acceptors (Lipinski definition) is 5. The molecule has 0 radical (unpaired) electrons. The molecule has 0 aliphatic heterocycles. The molecule has 3 N–H and O–H groups in total. The number of benzene rings is 1. The summed E-state index contributed by atoms with van der Waals surface area (Å²) in [5.74, 6) is 0.150. The lowest BCUT2D eigenvalue weighted by molar-refractivity contribution is 0.604. The summed E-state index contributed by atoms with van der Waals surface area (Å²) in [6.07, 6.45) is 0. The van der Waals surface area contributed by atoms with Gasteiger partial charge in [0.05, 0.1) is 0 Å². The highest BCUT2D eigenvalue weighted by atomic mass is 16.2. The van der Waals surface area contributed by atoms with Crippen LogP contribution in [0.15, 0.2) is 33.9 Å². The predicted molar refractivity (Wildman–Crippen MR) is 76.4 cm³/mol. The Morgan fingerprint density at radius 2 is 1.75 bits per heavy atom. The number of aryl methyl sites for hydroxylation is 1. The maximum atomic E-state index is 11.9. The van der Waals surface area contributed by atoms with Crippen LogP contribution in [0.2, 0.25) is 0 Å². The summed E-state index contributed by atoms with van der Waals surface area (Å²) in [6.45, 7) is 0.946. The average molecular weight is 275 g/mol. The first-order valence-corrected chi connectivity index (χ1v) is 6.19. The fraction of sp³-hybridized carbons (Fsp3) is 0.308. The van der Waals surface area contributed by atoms with Gasteiger partial charge in [0.1, 0.15) is 0 Å². The first-order chi connectivity index (χ1) is 9.52. The molecule has 0 saturated heterocycles. The van der Waals surface area contributed by atoms with Crippen molar-refractivity contribution in [3.63, 3.8) is 0 Å². The van der Waals surface area contributed by atoms with E-state index in [2.05, 4.69) is 10.4 Å². The Labute approximate surface area is 115 Å². The molecule has 1 aromatic heterocycles. The Morgan fingerprint density at radius 1 is 1.15 bits per heavy atom. The van der Waals surface area contributed by atoms with Crippen molar-refractivity contribution in [1.29, 1.82) is 0 Å². The highest BCUT2D eigenvalue weighted by molar-refractivity contribution is 5.32. The second kappa shape index (κ2) is 5.70. The van der Waals surface area contributed by atoms with Crippen LogP contribution in [0.4, 0.5) is 5.82 Å². The van der Waals surface area contributed by atoms with Gasteiger partial charge in [-0.25, -0.2) is 9.48 Å². The summed E-state index contributed by atoms with van der Waals surface area (Å²) in [6, 6.07) is 7.73. The van der Waals surface area contributed by atoms with Gasteiger partial charge in [-0.1, -0.05) is 24.3 Å². The number of nitrogens with zero attached hydrogens (tertiary/aromatic N) is 3. The van der Waals surface area contributed by atoms with Crippen LogP contribution in [-0.2, 0) is 27.2 Å². The van der Waals surface area contributed by atoms with E-state index in [0.717, 1.165) is 20.4 Å². The molecule has 0 spiro atoms. The fourth-order valence-corrected chi connectivity index (χ4v) is 1.79. The highest BCUT2D eigenvalue weighted by Gasteiger charge is 2.07. The number of nitrogens with one attached hydrogen (secondary N) is 1. The Morgan fingerprint density at radius 3 is 2.35 bits per heavy atom. The molecule has 1 aromatic carbocycles. The minimum absolute atomic E-state index is 0.150. The van der Waals surface area contributed by atoms with E-state index in [1.54, 1.807) is 0 Å². The van der Waals surface area contributed by atoms with Crippen molar-refractivity contribution in [3.8, 4) is 0 Å². The first-order valence-electron chi connectivity index (χ1n) is 6.19. The maximum Gasteiger partial charge on any atom is 0.346 e. The molecule has 0 fully saturated rings. The highest BCUT2D eigenvalue weighted by Crippen LogP contribution is 2.05. The van der Waals surface area contributed by atoms with Gasteiger partial charge in [-0.05, 0) is 11.1 Å². The normalized spacial score (nSPS) is 10.6. The summed E-state index contributed by atoms with van der Waals surface area (Å²) in [7, 11) is 2.93. The zero-order chi connectivity index (χ0) is 14.7. The van der Waals surface area contributed by atoms with E-state index in [9.17, 15) is 9.59 Å². The molecule has 7 heteroatoms. The largest absolute Gasteiger partial charge is 0.360 e. The minimum atomic E-state index is -0.451. The van der Waals surface area contributed by atoms with E-state index in [0.29, 0.717) is 13.1 Å². The molecular weight excluding hydrogens is 258 g/mol. The quantitative estimate of drug-likeness (QED) is 0.788. The van der Waals surface area contributed by atoms with Crippen LogP contribution >= 0.6 is 0 Å². The van der Waals surface area contributed by atoms with E-state index in [1.165, 1.54) is 14.1 Å². The van der Waals surface area contributed by atoms with Gasteiger partial charge in [-0.2, -0.15) is 0 Å². The van der Waals surface area contributed by atoms with Crippen LogP contribution in [0.3, 0.4) is 0 Å². The molecule has 0 saturated carbocycles. The molecule has 2 aromatic rings. The average Bonchev–Trinajstić information content (AvgIpc) is 2.48. The van der Waals surface area contributed by atoms with Crippen LogP contribution < -0.4 is 22.3 Å². The van der Waals surface area contributed by atoms with Gasteiger partial charge < -0.3 is 11.1 Å². The number of hydrogen-bond donors (Lipinski definition) is 2. The molecule has 20 heavy (non-hydrogen) atoms.